The quantitative estimate of drug-likeness (QED) is 0.875. The number of hydrogen-bond acceptors (Lipinski definition) is 4. The molecule has 1 aromatic carbocycles. The van der Waals surface area contributed by atoms with Crippen molar-refractivity contribution in [3.63, 3.8) is 0 Å². The fourth-order valence-electron chi connectivity index (χ4n) is 3.67. The Bertz CT molecular complexity index is 799. The standard InChI is InChI=1S/C19H24ClN5O/c1-21-11-13-5-4-10-24(12-13)19(26)17-22-18(14-8-9-14)25(23-17)16-7-3-2-6-15(16)20/h2-3,6-7,13-14,21H,4-5,8-12H2,1H3. The van der Waals surface area contributed by atoms with Gasteiger partial charge in [0.15, 0.2) is 0 Å². The summed E-state index contributed by atoms with van der Waals surface area (Å²) in [5, 5.41) is 8.39. The van der Waals surface area contributed by atoms with E-state index in [2.05, 4.69) is 15.4 Å². The van der Waals surface area contributed by atoms with Crippen LogP contribution >= 0.6 is 11.6 Å². The number of aromatic nitrogens is 3. The lowest BCUT2D eigenvalue weighted by molar-refractivity contribution is 0.0662. The first-order valence-electron chi connectivity index (χ1n) is 9.33. The maximum absolute atomic E-state index is 13.0. The number of amides is 1. The molecule has 0 bridgehead atoms. The van der Waals surface area contributed by atoms with Gasteiger partial charge in [-0.05, 0) is 57.3 Å². The summed E-state index contributed by atoms with van der Waals surface area (Å²) in [4.78, 5) is 19.5. The summed E-state index contributed by atoms with van der Waals surface area (Å²) >= 11 is 6.36. The van der Waals surface area contributed by atoms with E-state index in [9.17, 15) is 4.79 Å². The first kappa shape index (κ1) is 17.5. The van der Waals surface area contributed by atoms with Crippen molar-refractivity contribution in [1.29, 1.82) is 0 Å². The van der Waals surface area contributed by atoms with Gasteiger partial charge in [0.05, 0.1) is 10.7 Å². The molecule has 2 fully saturated rings. The highest BCUT2D eigenvalue weighted by atomic mass is 35.5. The number of likely N-dealkylation sites (tertiary alicyclic amines) is 1. The third-order valence-electron chi connectivity index (χ3n) is 5.15. The van der Waals surface area contributed by atoms with Crippen LogP contribution < -0.4 is 5.32 Å². The monoisotopic (exact) mass is 373 g/mol. The number of benzene rings is 1. The number of carbonyl (C=O) groups excluding carboxylic acids is 1. The molecule has 1 atom stereocenters. The molecule has 0 radical (unpaired) electrons. The summed E-state index contributed by atoms with van der Waals surface area (Å²) in [5.74, 6) is 1.94. The van der Waals surface area contributed by atoms with E-state index >= 15 is 0 Å². The number of nitrogens with one attached hydrogen (secondary N) is 1. The van der Waals surface area contributed by atoms with Crippen molar-refractivity contribution >= 4 is 17.5 Å². The van der Waals surface area contributed by atoms with E-state index in [-0.39, 0.29) is 11.7 Å². The maximum atomic E-state index is 13.0. The number of para-hydroxylation sites is 1. The van der Waals surface area contributed by atoms with E-state index in [1.54, 1.807) is 4.68 Å². The molecule has 2 heterocycles. The van der Waals surface area contributed by atoms with Crippen molar-refractivity contribution in [2.24, 2.45) is 5.92 Å². The van der Waals surface area contributed by atoms with Gasteiger partial charge in [-0.15, -0.1) is 5.10 Å². The van der Waals surface area contributed by atoms with E-state index in [4.69, 9.17) is 11.6 Å². The van der Waals surface area contributed by atoms with Crippen molar-refractivity contribution in [1.82, 2.24) is 25.0 Å². The fraction of sp³-hybridized carbons (Fsp3) is 0.526. The topological polar surface area (TPSA) is 63.1 Å². The van der Waals surface area contributed by atoms with Gasteiger partial charge in [0.1, 0.15) is 5.82 Å². The third kappa shape index (κ3) is 3.48. The molecular formula is C19H24ClN5O. The normalized spacial score (nSPS) is 20.4. The van der Waals surface area contributed by atoms with Crippen molar-refractivity contribution in [3.8, 4) is 5.69 Å². The largest absolute Gasteiger partial charge is 0.336 e. The summed E-state index contributed by atoms with van der Waals surface area (Å²) in [5.41, 5.74) is 0.786. The zero-order valence-corrected chi connectivity index (χ0v) is 15.7. The number of rotatable bonds is 5. The Morgan fingerprint density at radius 3 is 2.85 bits per heavy atom. The van der Waals surface area contributed by atoms with Crippen LogP contribution in [0.4, 0.5) is 0 Å². The van der Waals surface area contributed by atoms with E-state index < -0.39 is 0 Å². The molecule has 1 aromatic heterocycles. The molecule has 2 aliphatic rings. The molecule has 1 unspecified atom stereocenters. The van der Waals surface area contributed by atoms with Gasteiger partial charge >= 0.3 is 0 Å². The summed E-state index contributed by atoms with van der Waals surface area (Å²) in [6.07, 6.45) is 4.35. The molecule has 1 saturated heterocycles. The van der Waals surface area contributed by atoms with Crippen LogP contribution in [0.3, 0.4) is 0 Å². The van der Waals surface area contributed by atoms with E-state index in [0.717, 1.165) is 56.8 Å². The molecule has 2 aromatic rings. The number of carbonyl (C=O) groups is 1. The van der Waals surface area contributed by atoms with Crippen LogP contribution in [0.15, 0.2) is 24.3 Å². The molecule has 1 aliphatic carbocycles. The zero-order chi connectivity index (χ0) is 18.1. The molecule has 1 aliphatic heterocycles. The second-order valence-electron chi connectivity index (χ2n) is 7.25. The van der Waals surface area contributed by atoms with Crippen LogP contribution in [-0.4, -0.2) is 52.3 Å². The minimum absolute atomic E-state index is 0.0708. The van der Waals surface area contributed by atoms with Crippen LogP contribution in [0, 0.1) is 5.92 Å². The average molecular weight is 374 g/mol. The summed E-state index contributed by atoms with van der Waals surface area (Å²) in [6, 6.07) is 7.57. The number of piperidine rings is 1. The second kappa shape index (κ2) is 7.37. The summed E-state index contributed by atoms with van der Waals surface area (Å²) < 4.78 is 1.77. The third-order valence-corrected chi connectivity index (χ3v) is 5.47. The molecule has 1 amide bonds. The van der Waals surface area contributed by atoms with Gasteiger partial charge in [-0.2, -0.15) is 0 Å². The lowest BCUT2D eigenvalue weighted by atomic mass is 9.98. The Morgan fingerprint density at radius 1 is 1.31 bits per heavy atom. The molecular weight excluding hydrogens is 350 g/mol. The minimum atomic E-state index is -0.0708. The summed E-state index contributed by atoms with van der Waals surface area (Å²) in [7, 11) is 1.95. The minimum Gasteiger partial charge on any atom is -0.336 e. The highest BCUT2D eigenvalue weighted by Crippen LogP contribution is 2.40. The van der Waals surface area contributed by atoms with Crippen LogP contribution in [-0.2, 0) is 0 Å². The first-order chi connectivity index (χ1) is 12.7. The van der Waals surface area contributed by atoms with Crippen LogP contribution in [0.5, 0.6) is 0 Å². The zero-order valence-electron chi connectivity index (χ0n) is 15.0. The molecule has 1 N–H and O–H groups in total. The van der Waals surface area contributed by atoms with E-state index in [1.165, 1.54) is 0 Å². The number of halogens is 1. The van der Waals surface area contributed by atoms with Crippen molar-refractivity contribution < 1.29 is 4.79 Å². The van der Waals surface area contributed by atoms with Gasteiger partial charge in [-0.1, -0.05) is 23.7 Å². The molecule has 26 heavy (non-hydrogen) atoms. The average Bonchev–Trinajstić information content (AvgIpc) is 3.41. The Morgan fingerprint density at radius 2 is 2.12 bits per heavy atom. The van der Waals surface area contributed by atoms with Gasteiger partial charge in [0.2, 0.25) is 5.82 Å². The molecule has 7 heteroatoms. The Hall–Kier alpha value is -1.92. The molecule has 1 saturated carbocycles. The first-order valence-corrected chi connectivity index (χ1v) is 9.71. The van der Waals surface area contributed by atoms with Crippen molar-refractivity contribution in [3.05, 3.63) is 40.9 Å². The van der Waals surface area contributed by atoms with E-state index in [0.29, 0.717) is 16.9 Å². The summed E-state index contributed by atoms with van der Waals surface area (Å²) in [6.45, 7) is 2.47. The maximum Gasteiger partial charge on any atom is 0.293 e. The highest BCUT2D eigenvalue weighted by Gasteiger charge is 2.33. The van der Waals surface area contributed by atoms with Gasteiger partial charge < -0.3 is 10.2 Å². The van der Waals surface area contributed by atoms with Crippen LogP contribution in [0.2, 0.25) is 5.02 Å². The highest BCUT2D eigenvalue weighted by molar-refractivity contribution is 6.32. The lowest BCUT2D eigenvalue weighted by Crippen LogP contribution is -2.42. The molecule has 0 spiro atoms. The Labute approximate surface area is 158 Å². The van der Waals surface area contributed by atoms with Gasteiger partial charge in [-0.25, -0.2) is 9.67 Å². The van der Waals surface area contributed by atoms with Crippen molar-refractivity contribution in [2.75, 3.05) is 26.7 Å². The van der Waals surface area contributed by atoms with Gasteiger partial charge in [-0.3, -0.25) is 4.79 Å². The Kier molecular flexibility index (Phi) is 4.96. The van der Waals surface area contributed by atoms with Crippen LogP contribution in [0.1, 0.15) is 48.0 Å². The second-order valence-corrected chi connectivity index (χ2v) is 7.66. The predicted octanol–water partition coefficient (Wildman–Crippen LogP) is 2.87. The smallest absolute Gasteiger partial charge is 0.293 e. The van der Waals surface area contributed by atoms with Crippen LogP contribution in [0.25, 0.3) is 5.69 Å². The SMILES string of the molecule is CNCC1CCCN(C(=O)c2nc(C3CC3)n(-c3ccccc3Cl)n2)C1. The number of hydrogen-bond donors (Lipinski definition) is 1. The predicted molar refractivity (Wildman–Crippen MR) is 101 cm³/mol. The molecule has 138 valence electrons. The number of nitrogens with zero attached hydrogens (tertiary/aromatic N) is 4. The van der Waals surface area contributed by atoms with Gasteiger partial charge in [0.25, 0.3) is 5.91 Å². The van der Waals surface area contributed by atoms with E-state index in [1.807, 2.05) is 36.2 Å². The van der Waals surface area contributed by atoms with Crippen molar-refractivity contribution in [2.45, 2.75) is 31.6 Å². The molecule has 4 rings (SSSR count). The molecule has 6 nitrogen and oxygen atoms in total. The Balaban J connectivity index is 1.62. The fourth-order valence-corrected chi connectivity index (χ4v) is 3.88. The van der Waals surface area contributed by atoms with Gasteiger partial charge in [0, 0.05) is 19.0 Å². The lowest BCUT2D eigenvalue weighted by Gasteiger charge is -2.31.